The highest BCUT2D eigenvalue weighted by Crippen LogP contribution is 2.31. The Morgan fingerprint density at radius 1 is 1.05 bits per heavy atom. The number of aryl methyl sites for hydroxylation is 2. The van der Waals surface area contributed by atoms with E-state index in [-0.39, 0.29) is 0 Å². The Balaban J connectivity index is 1.39. The van der Waals surface area contributed by atoms with Crippen LogP contribution >= 0.6 is 0 Å². The van der Waals surface area contributed by atoms with Gasteiger partial charge in [0, 0.05) is 24.2 Å². The molecule has 0 saturated heterocycles. The van der Waals surface area contributed by atoms with Gasteiger partial charge in [0.2, 0.25) is 0 Å². The Hall–Kier alpha value is -4.46. The van der Waals surface area contributed by atoms with Gasteiger partial charge in [0.15, 0.2) is 5.82 Å². The number of ether oxygens (including phenoxy) is 1. The van der Waals surface area contributed by atoms with Crippen molar-refractivity contribution in [1.29, 1.82) is 0 Å². The number of hydrogen-bond acceptors (Lipinski definition) is 7. The molecule has 1 aliphatic rings. The van der Waals surface area contributed by atoms with Crippen molar-refractivity contribution in [3.63, 3.8) is 0 Å². The molecule has 1 aliphatic heterocycles. The van der Waals surface area contributed by atoms with Crippen molar-refractivity contribution in [2.75, 3.05) is 6.54 Å². The Kier molecular flexibility index (Phi) is 7.72. The first-order valence-corrected chi connectivity index (χ1v) is 13.4. The average molecular weight is 524 g/mol. The number of allylic oxidation sites excluding steroid dienone is 1. The highest BCUT2D eigenvalue weighted by molar-refractivity contribution is 5.84. The molecule has 0 atom stereocenters. The lowest BCUT2D eigenvalue weighted by atomic mass is 9.98. The van der Waals surface area contributed by atoms with Crippen molar-refractivity contribution in [3.8, 4) is 28.3 Å². The Morgan fingerprint density at radius 2 is 1.82 bits per heavy atom. The molecule has 8 heteroatoms. The molecule has 5 rings (SSSR count). The SMILES string of the molecule is CCCC1=NC(CC)=C(Oc2cnc(C)cc2C)CN1Cc1ccc(-c2ccccc2-c2noc(=O)[nH]2)cc1. The average Bonchev–Trinajstić information content (AvgIpc) is 3.38. The summed E-state index contributed by atoms with van der Waals surface area (Å²) >= 11 is 0. The number of nitrogens with zero attached hydrogens (tertiary/aromatic N) is 4. The maximum atomic E-state index is 11.5. The van der Waals surface area contributed by atoms with Gasteiger partial charge >= 0.3 is 5.76 Å². The van der Waals surface area contributed by atoms with Crippen LogP contribution in [-0.2, 0) is 6.54 Å². The Labute approximate surface area is 228 Å². The van der Waals surface area contributed by atoms with Crippen LogP contribution in [0.5, 0.6) is 5.75 Å². The molecule has 0 radical (unpaired) electrons. The smallest absolute Gasteiger partial charge is 0.439 e. The van der Waals surface area contributed by atoms with Gasteiger partial charge in [0.05, 0.1) is 18.4 Å². The molecule has 0 saturated carbocycles. The van der Waals surface area contributed by atoms with Crippen LogP contribution in [0, 0.1) is 13.8 Å². The molecule has 1 N–H and O–H groups in total. The predicted molar refractivity (Wildman–Crippen MR) is 152 cm³/mol. The lowest BCUT2D eigenvalue weighted by molar-refractivity contribution is 0.319. The van der Waals surface area contributed by atoms with Gasteiger partial charge in [-0.15, -0.1) is 0 Å². The summed E-state index contributed by atoms with van der Waals surface area (Å²) in [7, 11) is 0. The molecule has 3 heterocycles. The first-order chi connectivity index (χ1) is 18.9. The molecular weight excluding hydrogens is 490 g/mol. The van der Waals surface area contributed by atoms with Crippen molar-refractivity contribution >= 4 is 5.84 Å². The predicted octanol–water partition coefficient (Wildman–Crippen LogP) is 6.42. The molecule has 8 nitrogen and oxygen atoms in total. The normalized spacial score (nSPS) is 13.5. The summed E-state index contributed by atoms with van der Waals surface area (Å²) in [5.41, 5.74) is 7.00. The fourth-order valence-electron chi connectivity index (χ4n) is 4.82. The van der Waals surface area contributed by atoms with Gasteiger partial charge in [-0.2, -0.15) is 0 Å². The van der Waals surface area contributed by atoms with Crippen LogP contribution < -0.4 is 10.5 Å². The third-order valence-electron chi connectivity index (χ3n) is 6.79. The third kappa shape index (κ3) is 5.85. The fourth-order valence-corrected chi connectivity index (χ4v) is 4.82. The van der Waals surface area contributed by atoms with E-state index in [0.29, 0.717) is 18.9 Å². The number of hydrogen-bond donors (Lipinski definition) is 1. The molecule has 0 bridgehead atoms. The van der Waals surface area contributed by atoms with Crippen LogP contribution in [0.15, 0.2) is 86.6 Å². The summed E-state index contributed by atoms with van der Waals surface area (Å²) in [6.07, 6.45) is 4.53. The van der Waals surface area contributed by atoms with E-state index < -0.39 is 5.76 Å². The molecule has 200 valence electrons. The summed E-state index contributed by atoms with van der Waals surface area (Å²) in [6, 6.07) is 18.3. The van der Waals surface area contributed by atoms with Gasteiger partial charge in [-0.1, -0.05) is 67.5 Å². The van der Waals surface area contributed by atoms with Crippen LogP contribution in [0.3, 0.4) is 0 Å². The number of rotatable bonds is 9. The van der Waals surface area contributed by atoms with Gasteiger partial charge in [-0.25, -0.2) is 9.79 Å². The number of H-pyrrole nitrogens is 1. The lowest BCUT2D eigenvalue weighted by Gasteiger charge is -2.32. The maximum absolute atomic E-state index is 11.5. The van der Waals surface area contributed by atoms with Crippen LogP contribution in [0.1, 0.15) is 49.9 Å². The van der Waals surface area contributed by atoms with E-state index >= 15 is 0 Å². The Morgan fingerprint density at radius 3 is 2.49 bits per heavy atom. The van der Waals surface area contributed by atoms with E-state index in [2.05, 4.69) is 58.1 Å². The van der Waals surface area contributed by atoms with Gasteiger partial charge < -0.3 is 9.64 Å². The standard InChI is InChI=1S/C31H33N5O3/c1-5-9-29-33-26(6-2)28(38-27-17-32-21(4)16-20(27)3)19-36(29)18-22-12-14-23(15-13-22)24-10-7-8-11-25(24)30-34-31(37)39-35-30/h7-8,10-17H,5-6,9,18-19H2,1-4H3,(H,34,35,37). The highest BCUT2D eigenvalue weighted by atomic mass is 16.5. The van der Waals surface area contributed by atoms with E-state index in [1.165, 1.54) is 5.56 Å². The topological polar surface area (TPSA) is 96.6 Å². The fraction of sp³-hybridized carbons (Fsp3) is 0.290. The first kappa shape index (κ1) is 26.2. The number of amidine groups is 1. The van der Waals surface area contributed by atoms with Gasteiger partial charge in [0.25, 0.3) is 0 Å². The minimum atomic E-state index is -0.571. The molecule has 0 fully saturated rings. The van der Waals surface area contributed by atoms with Crippen molar-refractivity contribution in [1.82, 2.24) is 20.0 Å². The monoisotopic (exact) mass is 523 g/mol. The molecule has 39 heavy (non-hydrogen) atoms. The zero-order chi connectivity index (χ0) is 27.4. The molecule has 0 unspecified atom stereocenters. The van der Waals surface area contributed by atoms with Crippen molar-refractivity contribution in [3.05, 3.63) is 99.6 Å². The second-order valence-corrected chi connectivity index (χ2v) is 9.74. The molecule has 0 amide bonds. The molecule has 2 aromatic heterocycles. The van der Waals surface area contributed by atoms with E-state index in [9.17, 15) is 4.79 Å². The lowest BCUT2D eigenvalue weighted by Crippen LogP contribution is -2.36. The number of pyridine rings is 1. The van der Waals surface area contributed by atoms with Crippen molar-refractivity contribution < 1.29 is 9.26 Å². The molecule has 2 aromatic carbocycles. The maximum Gasteiger partial charge on any atom is 0.439 e. The quantitative estimate of drug-likeness (QED) is 0.272. The highest BCUT2D eigenvalue weighted by Gasteiger charge is 2.23. The Bertz CT molecular complexity index is 1580. The zero-order valence-electron chi connectivity index (χ0n) is 22.8. The summed E-state index contributed by atoms with van der Waals surface area (Å²) in [6.45, 7) is 9.69. The third-order valence-corrected chi connectivity index (χ3v) is 6.79. The number of aliphatic imine (C=N–C) groups is 1. The molecule has 0 aliphatic carbocycles. The van der Waals surface area contributed by atoms with Crippen molar-refractivity contribution in [2.45, 2.75) is 53.5 Å². The van der Waals surface area contributed by atoms with E-state index in [1.807, 2.05) is 44.2 Å². The molecule has 4 aromatic rings. The van der Waals surface area contributed by atoms with Gasteiger partial charge in [0.1, 0.15) is 17.3 Å². The van der Waals surface area contributed by atoms with E-state index in [0.717, 1.165) is 70.3 Å². The van der Waals surface area contributed by atoms with Gasteiger partial charge in [-0.05, 0) is 55.0 Å². The van der Waals surface area contributed by atoms with Crippen LogP contribution in [0.25, 0.3) is 22.5 Å². The van der Waals surface area contributed by atoms with Crippen LogP contribution in [0.2, 0.25) is 0 Å². The minimum absolute atomic E-state index is 0.415. The summed E-state index contributed by atoms with van der Waals surface area (Å²) < 4.78 is 11.1. The second kappa shape index (κ2) is 11.5. The summed E-state index contributed by atoms with van der Waals surface area (Å²) in [5, 5.41) is 3.87. The van der Waals surface area contributed by atoms with E-state index in [4.69, 9.17) is 14.3 Å². The molecule has 0 spiro atoms. The first-order valence-electron chi connectivity index (χ1n) is 13.4. The van der Waals surface area contributed by atoms with Gasteiger partial charge in [-0.3, -0.25) is 14.5 Å². The summed E-state index contributed by atoms with van der Waals surface area (Å²) in [5.74, 6) is 2.58. The van der Waals surface area contributed by atoms with E-state index in [1.54, 1.807) is 6.20 Å². The molecular formula is C31H33N5O3. The minimum Gasteiger partial charge on any atom is -0.456 e. The van der Waals surface area contributed by atoms with Crippen LogP contribution in [0.4, 0.5) is 0 Å². The summed E-state index contributed by atoms with van der Waals surface area (Å²) in [4.78, 5) is 25.9. The van der Waals surface area contributed by atoms with Crippen LogP contribution in [-0.4, -0.2) is 32.4 Å². The number of benzene rings is 2. The largest absolute Gasteiger partial charge is 0.456 e. The second-order valence-electron chi connectivity index (χ2n) is 9.74. The zero-order valence-corrected chi connectivity index (χ0v) is 22.8. The number of nitrogens with one attached hydrogen (secondary N) is 1. The van der Waals surface area contributed by atoms with Crippen molar-refractivity contribution in [2.24, 2.45) is 4.99 Å². The number of aromatic nitrogens is 3. The number of aromatic amines is 1.